The highest BCUT2D eigenvalue weighted by atomic mass is 32.2. The van der Waals surface area contributed by atoms with E-state index in [4.69, 9.17) is 4.74 Å². The van der Waals surface area contributed by atoms with E-state index in [1.807, 2.05) is 6.92 Å². The molecule has 142 valence electrons. The Balaban J connectivity index is 2.01. The second-order valence-electron chi connectivity index (χ2n) is 6.50. The highest BCUT2D eigenvalue weighted by Crippen LogP contribution is 2.51. The van der Waals surface area contributed by atoms with Crippen LogP contribution >= 0.6 is 12.1 Å². The summed E-state index contributed by atoms with van der Waals surface area (Å²) >= 11 is -0.114. The van der Waals surface area contributed by atoms with Gasteiger partial charge in [0.25, 0.3) is 0 Å². The molecule has 0 spiro atoms. The molecule has 0 aliphatic heterocycles. The molecule has 25 heavy (non-hydrogen) atoms. The molecular formula is C18H23F5OS. The van der Waals surface area contributed by atoms with Gasteiger partial charge in [-0.2, -0.15) is 21.4 Å². The summed E-state index contributed by atoms with van der Waals surface area (Å²) in [7, 11) is 0. The fourth-order valence-electron chi connectivity index (χ4n) is 3.15. The minimum absolute atomic E-state index is 0.0117. The lowest BCUT2D eigenvalue weighted by molar-refractivity contribution is -0.250. The molecule has 0 amide bonds. The van der Waals surface area contributed by atoms with Crippen molar-refractivity contribution >= 4 is 12.1 Å². The lowest BCUT2D eigenvalue weighted by Crippen LogP contribution is -2.46. The maximum absolute atomic E-state index is 14.5. The quantitative estimate of drug-likeness (QED) is 0.363. The molecule has 1 aromatic rings. The number of rotatable bonds is 8. The van der Waals surface area contributed by atoms with E-state index in [1.54, 1.807) is 0 Å². The highest BCUT2D eigenvalue weighted by Gasteiger charge is 2.61. The van der Waals surface area contributed by atoms with Gasteiger partial charge >= 0.3 is 11.8 Å². The van der Waals surface area contributed by atoms with Crippen molar-refractivity contribution in [1.29, 1.82) is 0 Å². The molecule has 1 aromatic carbocycles. The van der Waals surface area contributed by atoms with Crippen LogP contribution in [-0.4, -0.2) is 18.6 Å². The molecule has 1 aliphatic rings. The monoisotopic (exact) mass is 382 g/mol. The minimum Gasteiger partial charge on any atom is -0.378 e. The van der Waals surface area contributed by atoms with Gasteiger partial charge < -0.3 is 4.74 Å². The van der Waals surface area contributed by atoms with Crippen LogP contribution in [-0.2, 0) is 10.7 Å². The molecule has 0 heterocycles. The molecule has 0 saturated heterocycles. The number of unbranched alkanes of at least 4 members (excludes halogenated alkanes) is 1. The van der Waals surface area contributed by atoms with Crippen LogP contribution in [0.3, 0.4) is 0 Å². The van der Waals surface area contributed by atoms with Crippen molar-refractivity contribution in [2.24, 2.45) is 5.92 Å². The Hall–Kier alpha value is -0.820. The molecule has 0 unspecified atom stereocenters. The Morgan fingerprint density at radius 2 is 1.64 bits per heavy atom. The normalized spacial score (nSPS) is 22.2. The minimum atomic E-state index is -4.28. The van der Waals surface area contributed by atoms with E-state index in [0.717, 1.165) is 37.1 Å². The summed E-state index contributed by atoms with van der Waals surface area (Å²) < 4.78 is 75.9. The van der Waals surface area contributed by atoms with Gasteiger partial charge in [0.1, 0.15) is 0 Å². The van der Waals surface area contributed by atoms with Crippen molar-refractivity contribution in [1.82, 2.24) is 0 Å². The third-order valence-electron chi connectivity index (χ3n) is 4.76. The van der Waals surface area contributed by atoms with Gasteiger partial charge in [-0.05, 0) is 44.2 Å². The first kappa shape index (κ1) is 20.5. The Labute approximate surface area is 149 Å². The first-order chi connectivity index (χ1) is 11.8. The highest BCUT2D eigenvalue weighted by molar-refractivity contribution is 7.94. The van der Waals surface area contributed by atoms with Gasteiger partial charge in [0, 0.05) is 23.0 Å². The van der Waals surface area contributed by atoms with E-state index in [0.29, 0.717) is 19.4 Å². The number of hydrogen-bond acceptors (Lipinski definition) is 2. The molecule has 0 bridgehead atoms. The predicted molar refractivity (Wildman–Crippen MR) is 88.9 cm³/mol. The number of alkyl halides is 4. The van der Waals surface area contributed by atoms with E-state index in [-0.39, 0.29) is 36.0 Å². The Morgan fingerprint density at radius 3 is 2.16 bits per heavy atom. The Morgan fingerprint density at radius 1 is 1.04 bits per heavy atom. The summed E-state index contributed by atoms with van der Waals surface area (Å²) in [5.74, 6) is -9.82. The van der Waals surface area contributed by atoms with Gasteiger partial charge in [-0.3, -0.25) is 0 Å². The zero-order valence-corrected chi connectivity index (χ0v) is 14.9. The third kappa shape index (κ3) is 4.67. The summed E-state index contributed by atoms with van der Waals surface area (Å²) in [6.45, 7) is 2.61. The lowest BCUT2D eigenvalue weighted by atomic mass is 9.79. The van der Waals surface area contributed by atoms with E-state index in [9.17, 15) is 21.4 Å². The molecule has 2 rings (SSSR count). The van der Waals surface area contributed by atoms with E-state index >= 15 is 0 Å². The van der Waals surface area contributed by atoms with Crippen LogP contribution < -0.4 is 0 Å². The van der Waals surface area contributed by atoms with Gasteiger partial charge in [0.15, 0.2) is 0 Å². The second-order valence-corrected chi connectivity index (χ2v) is 7.12. The van der Waals surface area contributed by atoms with Crippen molar-refractivity contribution in [3.63, 3.8) is 0 Å². The standard InChI is InChI=1S/C18H23F5OS/c1-2-3-12-24-15-8-4-13(5-9-15)17(19,20)18(21,22)14-6-10-16(25-23)11-7-14/h6-7,10-11,13,15H,2-5,8-9,12H2,1H3. The first-order valence-electron chi connectivity index (χ1n) is 8.59. The zero-order valence-electron chi connectivity index (χ0n) is 14.1. The summed E-state index contributed by atoms with van der Waals surface area (Å²) in [6.07, 6.45) is 2.54. The van der Waals surface area contributed by atoms with Gasteiger partial charge in [-0.25, -0.2) is 0 Å². The Kier molecular flexibility index (Phi) is 7.14. The van der Waals surface area contributed by atoms with Crippen molar-refractivity contribution < 1.29 is 26.2 Å². The second kappa shape index (κ2) is 8.71. The van der Waals surface area contributed by atoms with Crippen LogP contribution in [0.4, 0.5) is 21.4 Å². The van der Waals surface area contributed by atoms with E-state index in [1.165, 1.54) is 0 Å². The molecular weight excluding hydrogens is 359 g/mol. The van der Waals surface area contributed by atoms with Crippen LogP contribution in [0.25, 0.3) is 0 Å². The molecule has 0 aromatic heterocycles. The third-order valence-corrected chi connectivity index (χ3v) is 5.21. The molecule has 1 saturated carbocycles. The SMILES string of the molecule is CCCCOC1CCC(C(F)(F)C(F)(F)c2ccc(SF)cc2)CC1. The van der Waals surface area contributed by atoms with Crippen LogP contribution in [0.1, 0.15) is 51.0 Å². The molecule has 1 nitrogen and oxygen atoms in total. The van der Waals surface area contributed by atoms with Gasteiger partial charge in [-0.15, -0.1) is 0 Å². The smallest absolute Gasteiger partial charge is 0.335 e. The van der Waals surface area contributed by atoms with Gasteiger partial charge in [-0.1, -0.05) is 25.5 Å². The number of halogens is 5. The maximum atomic E-state index is 14.5. The topological polar surface area (TPSA) is 9.23 Å². The Bertz CT molecular complexity index is 527. The fourth-order valence-corrected chi connectivity index (χ4v) is 3.39. The summed E-state index contributed by atoms with van der Waals surface area (Å²) in [6, 6.07) is 3.91. The van der Waals surface area contributed by atoms with Crippen LogP contribution in [0.5, 0.6) is 0 Å². The van der Waals surface area contributed by atoms with E-state index < -0.39 is 23.3 Å². The van der Waals surface area contributed by atoms with Crippen LogP contribution in [0, 0.1) is 5.92 Å². The number of benzene rings is 1. The average Bonchev–Trinajstić information content (AvgIpc) is 2.62. The summed E-state index contributed by atoms with van der Waals surface area (Å²) in [4.78, 5) is 0.104. The summed E-state index contributed by atoms with van der Waals surface area (Å²) in [5, 5.41) is 0. The van der Waals surface area contributed by atoms with Crippen molar-refractivity contribution in [2.45, 2.75) is 68.3 Å². The van der Waals surface area contributed by atoms with Crippen molar-refractivity contribution in [3.8, 4) is 0 Å². The average molecular weight is 382 g/mol. The first-order valence-corrected chi connectivity index (χ1v) is 9.31. The van der Waals surface area contributed by atoms with Crippen LogP contribution in [0.2, 0.25) is 0 Å². The molecule has 0 radical (unpaired) electrons. The molecule has 0 N–H and O–H groups in total. The molecule has 1 aliphatic carbocycles. The zero-order chi connectivity index (χ0) is 18.5. The lowest BCUT2D eigenvalue weighted by Gasteiger charge is -2.37. The van der Waals surface area contributed by atoms with Crippen molar-refractivity contribution in [2.75, 3.05) is 6.61 Å². The summed E-state index contributed by atoms with van der Waals surface area (Å²) in [5.41, 5.74) is -0.781. The van der Waals surface area contributed by atoms with Gasteiger partial charge in [0.2, 0.25) is 0 Å². The fraction of sp³-hybridized carbons (Fsp3) is 0.667. The maximum Gasteiger partial charge on any atom is 0.335 e. The molecule has 0 atom stereocenters. The largest absolute Gasteiger partial charge is 0.378 e. The molecule has 1 fully saturated rings. The molecule has 7 heteroatoms. The number of ether oxygens (including phenoxy) is 1. The van der Waals surface area contributed by atoms with Crippen LogP contribution in [0.15, 0.2) is 29.2 Å². The van der Waals surface area contributed by atoms with Crippen molar-refractivity contribution in [3.05, 3.63) is 29.8 Å². The number of hydrogen-bond donors (Lipinski definition) is 0. The van der Waals surface area contributed by atoms with E-state index in [2.05, 4.69) is 0 Å². The predicted octanol–water partition coefficient (Wildman–Crippen LogP) is 6.77. The van der Waals surface area contributed by atoms with Gasteiger partial charge in [0.05, 0.1) is 18.3 Å².